The van der Waals surface area contributed by atoms with Gasteiger partial charge < -0.3 is 4.74 Å². The van der Waals surface area contributed by atoms with Crippen molar-refractivity contribution in [3.8, 4) is 0 Å². The van der Waals surface area contributed by atoms with E-state index in [1.165, 1.54) is 6.21 Å². The summed E-state index contributed by atoms with van der Waals surface area (Å²) in [6, 6.07) is 0. The van der Waals surface area contributed by atoms with Gasteiger partial charge in [-0.15, -0.1) is 0 Å². The molecule has 1 fully saturated rings. The molecule has 0 bridgehead atoms. The maximum atomic E-state index is 13.6. The summed E-state index contributed by atoms with van der Waals surface area (Å²) in [6.45, 7) is 0.341. The highest BCUT2D eigenvalue weighted by Gasteiger charge is 2.41. The second kappa shape index (κ2) is 4.16. The van der Waals surface area contributed by atoms with E-state index in [4.69, 9.17) is 4.74 Å². The van der Waals surface area contributed by atoms with Crippen molar-refractivity contribution in [2.45, 2.75) is 12.6 Å². The molecule has 1 aromatic carbocycles. The molecule has 0 aromatic heterocycles. The Kier molecular flexibility index (Phi) is 2.70. The van der Waals surface area contributed by atoms with Crippen LogP contribution in [0.25, 0.3) is 0 Å². The van der Waals surface area contributed by atoms with E-state index >= 15 is 0 Å². The van der Waals surface area contributed by atoms with Crippen LogP contribution in [0.2, 0.25) is 0 Å². The van der Waals surface area contributed by atoms with Crippen LogP contribution in [0.3, 0.4) is 0 Å². The first kappa shape index (κ1) is 12.3. The monoisotopic (exact) mass is 278 g/mol. The number of rotatable bonds is 1. The molecule has 2 aliphatic heterocycles. The molecule has 1 aromatic rings. The van der Waals surface area contributed by atoms with Crippen LogP contribution >= 0.6 is 0 Å². The molecule has 2 unspecified atom stereocenters. The van der Waals surface area contributed by atoms with Gasteiger partial charge in [0.05, 0.1) is 6.61 Å². The fourth-order valence-corrected chi connectivity index (χ4v) is 2.19. The summed E-state index contributed by atoms with van der Waals surface area (Å²) >= 11 is 0. The van der Waals surface area contributed by atoms with Crippen molar-refractivity contribution < 1.29 is 26.7 Å². The van der Waals surface area contributed by atoms with Crippen LogP contribution in [0.15, 0.2) is 5.10 Å². The maximum Gasteiger partial charge on any atom is 0.200 e. The molecule has 0 N–H and O–H groups in total. The number of fused-ring (bicyclic) bond motifs is 1. The first-order valence-electron chi connectivity index (χ1n) is 5.48. The highest BCUT2D eigenvalue weighted by atomic mass is 19.2. The van der Waals surface area contributed by atoms with Gasteiger partial charge >= 0.3 is 0 Å². The van der Waals surface area contributed by atoms with E-state index in [0.29, 0.717) is 18.0 Å². The minimum atomic E-state index is -2.19. The van der Waals surface area contributed by atoms with Gasteiger partial charge in [-0.05, 0) is 6.42 Å². The van der Waals surface area contributed by atoms with Gasteiger partial charge in [-0.3, -0.25) is 0 Å². The summed E-state index contributed by atoms with van der Waals surface area (Å²) < 4.78 is 71.6. The lowest BCUT2D eigenvalue weighted by molar-refractivity contribution is 0.103. The molecule has 1 saturated heterocycles. The van der Waals surface area contributed by atoms with Gasteiger partial charge in [0.2, 0.25) is 5.82 Å². The highest BCUT2D eigenvalue weighted by Crippen LogP contribution is 2.37. The molecule has 8 heteroatoms. The Labute approximate surface area is 104 Å². The zero-order valence-electron chi connectivity index (χ0n) is 9.34. The number of hydrogen-bond acceptors (Lipinski definition) is 3. The summed E-state index contributed by atoms with van der Waals surface area (Å²) in [7, 11) is 0. The predicted octanol–water partition coefficient (Wildman–Crippen LogP) is 2.55. The number of hydrogen-bond donors (Lipinski definition) is 0. The van der Waals surface area contributed by atoms with Crippen molar-refractivity contribution in [2.24, 2.45) is 11.0 Å². The Balaban J connectivity index is 2.13. The minimum absolute atomic E-state index is 0.213. The van der Waals surface area contributed by atoms with Crippen LogP contribution in [-0.2, 0) is 4.74 Å². The van der Waals surface area contributed by atoms with Gasteiger partial charge in [-0.2, -0.15) is 5.10 Å². The maximum absolute atomic E-state index is 13.6. The fraction of sp³-hybridized carbons (Fsp3) is 0.364. The van der Waals surface area contributed by atoms with Gasteiger partial charge in [0, 0.05) is 12.1 Å². The molecule has 3 rings (SSSR count). The van der Waals surface area contributed by atoms with Crippen molar-refractivity contribution in [3.63, 3.8) is 0 Å². The molecule has 19 heavy (non-hydrogen) atoms. The Morgan fingerprint density at radius 2 is 1.58 bits per heavy atom. The number of ether oxygens (including phenoxy) is 1. The average molecular weight is 278 g/mol. The third-order valence-electron chi connectivity index (χ3n) is 3.15. The van der Waals surface area contributed by atoms with Crippen molar-refractivity contribution in [3.05, 3.63) is 29.1 Å². The van der Waals surface area contributed by atoms with E-state index in [1.54, 1.807) is 0 Å². The van der Waals surface area contributed by atoms with E-state index in [0.717, 1.165) is 0 Å². The molecule has 102 valence electrons. The molecule has 0 amide bonds. The Bertz CT molecular complexity index is 548. The van der Waals surface area contributed by atoms with E-state index in [9.17, 15) is 22.0 Å². The predicted molar refractivity (Wildman–Crippen MR) is 55.1 cm³/mol. The lowest BCUT2D eigenvalue weighted by atomic mass is 10.1. The summed E-state index contributed by atoms with van der Waals surface area (Å²) in [5, 5.41) is 4.37. The third kappa shape index (κ3) is 1.62. The molecule has 0 saturated carbocycles. The van der Waals surface area contributed by atoms with E-state index in [1.807, 2.05) is 0 Å². The molecule has 0 spiro atoms. The van der Waals surface area contributed by atoms with Crippen LogP contribution < -0.4 is 5.01 Å². The normalized spacial score (nSPS) is 25.2. The van der Waals surface area contributed by atoms with E-state index in [-0.39, 0.29) is 5.92 Å². The standard InChI is InChI=1S/C11H7F5N2O/c12-5-6(13)8(15)10(9(16)7(5)14)18-11-4(3-17-18)1-2-19-11/h3-4,11H,1-2H2. The smallest absolute Gasteiger partial charge is 0.200 e. The minimum Gasteiger partial charge on any atom is -0.356 e. The largest absolute Gasteiger partial charge is 0.356 e. The second-order valence-electron chi connectivity index (χ2n) is 4.24. The van der Waals surface area contributed by atoms with Crippen LogP contribution in [-0.4, -0.2) is 19.0 Å². The Morgan fingerprint density at radius 3 is 2.21 bits per heavy atom. The topological polar surface area (TPSA) is 24.8 Å². The first-order valence-corrected chi connectivity index (χ1v) is 5.48. The molecule has 2 aliphatic rings. The highest BCUT2D eigenvalue weighted by molar-refractivity contribution is 5.70. The first-order chi connectivity index (χ1) is 9.02. The number of anilines is 1. The summed E-state index contributed by atoms with van der Waals surface area (Å²) in [4.78, 5) is 0. The van der Waals surface area contributed by atoms with Crippen molar-refractivity contribution in [2.75, 3.05) is 11.6 Å². The summed E-state index contributed by atoms with van der Waals surface area (Å²) in [5.74, 6) is -10.2. The molecule has 3 nitrogen and oxygen atoms in total. The number of halogens is 5. The van der Waals surface area contributed by atoms with Gasteiger partial charge in [0.25, 0.3) is 0 Å². The van der Waals surface area contributed by atoms with Gasteiger partial charge in [-0.1, -0.05) is 0 Å². The van der Waals surface area contributed by atoms with Crippen LogP contribution in [0, 0.1) is 35.0 Å². The SMILES string of the molecule is Fc1c(F)c(F)c(N2N=CC3CCOC32)c(F)c1F. The average Bonchev–Trinajstić information content (AvgIpc) is 2.98. The van der Waals surface area contributed by atoms with Gasteiger partial charge in [-0.25, -0.2) is 27.0 Å². The number of benzene rings is 1. The quantitative estimate of drug-likeness (QED) is 0.448. The molecule has 2 atom stereocenters. The van der Waals surface area contributed by atoms with Gasteiger partial charge in [0.1, 0.15) is 5.69 Å². The van der Waals surface area contributed by atoms with Gasteiger partial charge in [0.15, 0.2) is 29.5 Å². The van der Waals surface area contributed by atoms with Crippen LogP contribution in [0.5, 0.6) is 0 Å². The fourth-order valence-electron chi connectivity index (χ4n) is 2.19. The molecular formula is C11H7F5N2O. The van der Waals surface area contributed by atoms with Crippen molar-refractivity contribution >= 4 is 11.9 Å². The molecule has 2 heterocycles. The zero-order valence-corrected chi connectivity index (χ0v) is 9.34. The molecule has 0 aliphatic carbocycles. The van der Waals surface area contributed by atoms with Crippen molar-refractivity contribution in [1.29, 1.82) is 0 Å². The van der Waals surface area contributed by atoms with Crippen molar-refractivity contribution in [1.82, 2.24) is 0 Å². The van der Waals surface area contributed by atoms with E-state index < -0.39 is 41.0 Å². The van der Waals surface area contributed by atoms with Crippen LogP contribution in [0.1, 0.15) is 6.42 Å². The number of nitrogens with zero attached hydrogens (tertiary/aromatic N) is 2. The van der Waals surface area contributed by atoms with E-state index in [2.05, 4.69) is 5.10 Å². The Morgan fingerprint density at radius 1 is 1.00 bits per heavy atom. The Hall–Kier alpha value is -1.70. The zero-order chi connectivity index (χ0) is 13.7. The lowest BCUT2D eigenvalue weighted by Gasteiger charge is -2.23. The molecular weight excluding hydrogens is 271 g/mol. The summed E-state index contributed by atoms with van der Waals surface area (Å²) in [6.07, 6.45) is 1.14. The second-order valence-corrected chi connectivity index (χ2v) is 4.24. The number of hydrazone groups is 1. The summed E-state index contributed by atoms with van der Waals surface area (Å²) in [5.41, 5.74) is -1.08. The van der Waals surface area contributed by atoms with Crippen LogP contribution in [0.4, 0.5) is 27.6 Å². The molecule has 0 radical (unpaired) electrons. The lowest BCUT2D eigenvalue weighted by Crippen LogP contribution is -2.32. The third-order valence-corrected chi connectivity index (χ3v) is 3.15.